The van der Waals surface area contributed by atoms with Crippen molar-refractivity contribution in [2.24, 2.45) is 5.73 Å². The molecule has 0 saturated carbocycles. The molecular formula is C23H21ClN4O3. The average Bonchev–Trinajstić information content (AvgIpc) is 3.13. The molecule has 0 bridgehead atoms. The number of aromatic nitrogens is 2. The Bertz CT molecular complexity index is 1180. The van der Waals surface area contributed by atoms with E-state index in [-0.39, 0.29) is 5.88 Å². The molecule has 31 heavy (non-hydrogen) atoms. The molecule has 0 amide bonds. The Morgan fingerprint density at radius 3 is 2.71 bits per heavy atom. The quantitative estimate of drug-likeness (QED) is 0.586. The maximum atomic E-state index is 9.86. The minimum absolute atomic E-state index is 0.0250. The minimum atomic E-state index is -0.506. The summed E-state index contributed by atoms with van der Waals surface area (Å²) in [5.41, 5.74) is 9.58. The second-order valence-electron chi connectivity index (χ2n) is 7.01. The van der Waals surface area contributed by atoms with E-state index in [0.29, 0.717) is 41.2 Å². The Labute approximate surface area is 185 Å². The smallest absolute Gasteiger partial charge is 0.244 e. The zero-order valence-electron chi connectivity index (χ0n) is 17.1. The summed E-state index contributed by atoms with van der Waals surface area (Å²) in [6.45, 7) is 4.55. The number of hydrogen-bond acceptors (Lipinski definition) is 6. The number of nitrogens with two attached hydrogens (primary N) is 1. The number of benzene rings is 2. The van der Waals surface area contributed by atoms with Gasteiger partial charge in [-0.3, -0.25) is 5.10 Å². The van der Waals surface area contributed by atoms with Gasteiger partial charge < -0.3 is 19.9 Å². The molecule has 2 aromatic carbocycles. The molecule has 1 aliphatic rings. The van der Waals surface area contributed by atoms with Crippen LogP contribution < -0.4 is 19.9 Å². The van der Waals surface area contributed by atoms with Crippen LogP contribution in [0.1, 0.15) is 35.2 Å². The topological polar surface area (TPSA) is 106 Å². The van der Waals surface area contributed by atoms with Crippen molar-refractivity contribution < 1.29 is 14.2 Å². The summed E-state index contributed by atoms with van der Waals surface area (Å²) in [7, 11) is 0. The first-order valence-electron chi connectivity index (χ1n) is 9.78. The van der Waals surface area contributed by atoms with E-state index in [2.05, 4.69) is 16.3 Å². The number of nitriles is 1. The Morgan fingerprint density at radius 2 is 2.00 bits per heavy atom. The van der Waals surface area contributed by atoms with E-state index in [9.17, 15) is 5.26 Å². The fraction of sp³-hybridized carbons (Fsp3) is 0.217. The predicted molar refractivity (Wildman–Crippen MR) is 116 cm³/mol. The van der Waals surface area contributed by atoms with Gasteiger partial charge in [0.25, 0.3) is 0 Å². The molecular weight excluding hydrogens is 416 g/mol. The highest BCUT2D eigenvalue weighted by Gasteiger charge is 2.36. The van der Waals surface area contributed by atoms with Gasteiger partial charge in [-0.05, 0) is 37.6 Å². The molecule has 1 aromatic heterocycles. The summed E-state index contributed by atoms with van der Waals surface area (Å²) >= 11 is 5.99. The molecule has 0 radical (unpaired) electrons. The second kappa shape index (κ2) is 8.62. The number of fused-ring (bicyclic) bond motifs is 1. The number of nitrogens with one attached hydrogen (secondary N) is 1. The number of ether oxygens (including phenoxy) is 3. The molecule has 0 aliphatic carbocycles. The lowest BCUT2D eigenvalue weighted by molar-refractivity contribution is 0.266. The number of halogens is 1. The van der Waals surface area contributed by atoms with Crippen molar-refractivity contribution in [3.05, 3.63) is 81.3 Å². The Hall–Kier alpha value is -3.63. The SMILES string of the molecule is CCOc1cccc([C@H]2C(C#N)=C(N)Oc3n[nH]c(C)c32)c1OCc1ccc(Cl)cc1. The summed E-state index contributed by atoms with van der Waals surface area (Å²) in [5, 5.41) is 17.6. The lowest BCUT2D eigenvalue weighted by Crippen LogP contribution is -2.21. The third-order valence-corrected chi connectivity index (χ3v) is 5.30. The van der Waals surface area contributed by atoms with Crippen molar-refractivity contribution in [3.63, 3.8) is 0 Å². The van der Waals surface area contributed by atoms with E-state index in [1.165, 1.54) is 0 Å². The number of H-pyrrole nitrogens is 1. The van der Waals surface area contributed by atoms with Crippen LogP contribution in [0.3, 0.4) is 0 Å². The van der Waals surface area contributed by atoms with Gasteiger partial charge in [0.1, 0.15) is 18.2 Å². The van der Waals surface area contributed by atoms with E-state index in [1.54, 1.807) is 0 Å². The number of rotatable bonds is 6. The summed E-state index contributed by atoms with van der Waals surface area (Å²) in [6, 6.07) is 15.2. The lowest BCUT2D eigenvalue weighted by atomic mass is 9.83. The van der Waals surface area contributed by atoms with E-state index < -0.39 is 5.92 Å². The molecule has 3 aromatic rings. The Balaban J connectivity index is 1.82. The number of nitrogens with zero attached hydrogens (tertiary/aromatic N) is 2. The van der Waals surface area contributed by atoms with E-state index in [0.717, 1.165) is 22.4 Å². The van der Waals surface area contributed by atoms with Crippen molar-refractivity contribution in [3.8, 4) is 23.4 Å². The van der Waals surface area contributed by atoms with Gasteiger partial charge in [0.15, 0.2) is 11.5 Å². The van der Waals surface area contributed by atoms with Crippen LogP contribution in [0.25, 0.3) is 0 Å². The minimum Gasteiger partial charge on any atom is -0.490 e. The summed E-state index contributed by atoms with van der Waals surface area (Å²) in [6.07, 6.45) is 0. The first-order valence-corrected chi connectivity index (χ1v) is 10.2. The monoisotopic (exact) mass is 436 g/mol. The van der Waals surface area contributed by atoms with Gasteiger partial charge in [-0.25, -0.2) is 0 Å². The van der Waals surface area contributed by atoms with Crippen molar-refractivity contribution in [2.45, 2.75) is 26.4 Å². The summed E-state index contributed by atoms with van der Waals surface area (Å²) in [4.78, 5) is 0. The molecule has 0 unspecified atom stereocenters. The first-order chi connectivity index (χ1) is 15.0. The predicted octanol–water partition coefficient (Wildman–Crippen LogP) is 4.57. The van der Waals surface area contributed by atoms with Gasteiger partial charge in [-0.15, -0.1) is 5.10 Å². The maximum absolute atomic E-state index is 9.86. The van der Waals surface area contributed by atoms with Crippen LogP contribution >= 0.6 is 11.6 Å². The normalized spacial score (nSPS) is 15.1. The molecule has 1 aliphatic heterocycles. The molecule has 3 N–H and O–H groups in total. The largest absolute Gasteiger partial charge is 0.490 e. The van der Waals surface area contributed by atoms with Crippen LogP contribution in [0.5, 0.6) is 17.4 Å². The van der Waals surface area contributed by atoms with E-state index in [4.69, 9.17) is 31.5 Å². The molecule has 0 spiro atoms. The van der Waals surface area contributed by atoms with Crippen LogP contribution in [0.2, 0.25) is 5.02 Å². The Kier molecular flexibility index (Phi) is 5.74. The van der Waals surface area contributed by atoms with Gasteiger partial charge in [0, 0.05) is 21.8 Å². The van der Waals surface area contributed by atoms with Crippen LogP contribution in [-0.4, -0.2) is 16.8 Å². The van der Waals surface area contributed by atoms with Gasteiger partial charge in [0.05, 0.1) is 12.5 Å². The highest BCUT2D eigenvalue weighted by atomic mass is 35.5. The van der Waals surface area contributed by atoms with E-state index >= 15 is 0 Å². The van der Waals surface area contributed by atoms with Crippen molar-refractivity contribution >= 4 is 11.6 Å². The summed E-state index contributed by atoms with van der Waals surface area (Å²) in [5.74, 6) is 0.992. The number of allylic oxidation sites excluding steroid dienone is 1. The molecule has 4 rings (SSSR count). The van der Waals surface area contributed by atoms with Crippen LogP contribution in [-0.2, 0) is 6.61 Å². The number of hydrogen-bond donors (Lipinski definition) is 2. The van der Waals surface area contributed by atoms with Crippen molar-refractivity contribution in [1.29, 1.82) is 5.26 Å². The Morgan fingerprint density at radius 1 is 1.23 bits per heavy atom. The maximum Gasteiger partial charge on any atom is 0.244 e. The third kappa shape index (κ3) is 3.90. The molecule has 0 saturated heterocycles. The fourth-order valence-corrected chi connectivity index (χ4v) is 3.76. The standard InChI is InChI=1S/C23H21ClN4O3/c1-3-29-18-6-4-5-16(21(18)30-12-14-7-9-15(24)10-8-14)20-17(11-25)22(26)31-23-19(20)13(2)27-28-23/h4-10,20H,3,12,26H2,1-2H3,(H,27,28)/t20-/m0/s1. The number of aromatic amines is 1. The van der Waals surface area contributed by atoms with Crippen LogP contribution in [0.15, 0.2) is 53.9 Å². The van der Waals surface area contributed by atoms with Gasteiger partial charge >= 0.3 is 0 Å². The van der Waals surface area contributed by atoms with Gasteiger partial charge in [-0.1, -0.05) is 35.9 Å². The highest BCUT2D eigenvalue weighted by Crippen LogP contribution is 2.47. The second-order valence-corrected chi connectivity index (χ2v) is 7.45. The first kappa shape index (κ1) is 20.6. The highest BCUT2D eigenvalue weighted by molar-refractivity contribution is 6.30. The van der Waals surface area contributed by atoms with Crippen LogP contribution in [0.4, 0.5) is 0 Å². The van der Waals surface area contributed by atoms with Crippen molar-refractivity contribution in [2.75, 3.05) is 6.61 Å². The molecule has 1 atom stereocenters. The molecule has 158 valence electrons. The summed E-state index contributed by atoms with van der Waals surface area (Å²) < 4.78 is 17.7. The third-order valence-electron chi connectivity index (χ3n) is 5.05. The lowest BCUT2D eigenvalue weighted by Gasteiger charge is -2.26. The van der Waals surface area contributed by atoms with Crippen molar-refractivity contribution in [1.82, 2.24) is 10.2 Å². The zero-order valence-corrected chi connectivity index (χ0v) is 17.9. The van der Waals surface area contributed by atoms with Gasteiger partial charge in [-0.2, -0.15) is 5.26 Å². The molecule has 7 nitrogen and oxygen atoms in total. The van der Waals surface area contributed by atoms with Gasteiger partial charge in [0.2, 0.25) is 11.8 Å². The number of para-hydroxylation sites is 1. The van der Waals surface area contributed by atoms with E-state index in [1.807, 2.05) is 56.3 Å². The van der Waals surface area contributed by atoms with Crippen LogP contribution in [0, 0.1) is 18.3 Å². The average molecular weight is 437 g/mol. The molecule has 2 heterocycles. The number of aryl methyl sites for hydroxylation is 1. The zero-order chi connectivity index (χ0) is 22.0. The molecule has 0 fully saturated rings. The fourth-order valence-electron chi connectivity index (χ4n) is 3.63. The molecule has 8 heteroatoms.